The van der Waals surface area contributed by atoms with E-state index in [4.69, 9.17) is 10.5 Å². The van der Waals surface area contributed by atoms with Crippen LogP contribution in [0.25, 0.3) is 0 Å². The highest BCUT2D eigenvalue weighted by Gasteiger charge is 2.38. The van der Waals surface area contributed by atoms with Crippen molar-refractivity contribution in [3.05, 3.63) is 22.4 Å². The minimum atomic E-state index is -0.699. The van der Waals surface area contributed by atoms with E-state index in [1.54, 1.807) is 11.3 Å². The summed E-state index contributed by atoms with van der Waals surface area (Å²) in [6.07, 6.45) is 4.40. The van der Waals surface area contributed by atoms with Crippen LogP contribution in [0.2, 0.25) is 0 Å². The van der Waals surface area contributed by atoms with Gasteiger partial charge in [0.15, 0.2) is 0 Å². The lowest BCUT2D eigenvalue weighted by Crippen LogP contribution is -2.46. The molecule has 2 rings (SSSR count). The maximum atomic E-state index is 11.8. The van der Waals surface area contributed by atoms with E-state index in [2.05, 4.69) is 0 Å². The minimum absolute atomic E-state index is 0.221. The third-order valence-corrected chi connectivity index (χ3v) is 4.00. The van der Waals surface area contributed by atoms with E-state index >= 15 is 0 Å². The van der Waals surface area contributed by atoms with E-state index in [1.807, 2.05) is 17.5 Å². The Morgan fingerprint density at radius 2 is 2.25 bits per heavy atom. The van der Waals surface area contributed by atoms with Gasteiger partial charge in [-0.3, -0.25) is 4.79 Å². The molecule has 16 heavy (non-hydrogen) atoms. The molecule has 4 heteroatoms. The number of carbonyl (C=O) groups is 1. The molecular formula is C12H17NO2S. The quantitative estimate of drug-likeness (QED) is 0.819. The van der Waals surface area contributed by atoms with Crippen LogP contribution in [0.4, 0.5) is 0 Å². The zero-order valence-electron chi connectivity index (χ0n) is 9.28. The second-order valence-electron chi connectivity index (χ2n) is 4.33. The van der Waals surface area contributed by atoms with Gasteiger partial charge in [-0.15, -0.1) is 11.3 Å². The van der Waals surface area contributed by atoms with E-state index in [-0.39, 0.29) is 5.97 Å². The number of rotatable bonds is 4. The second-order valence-corrected chi connectivity index (χ2v) is 5.36. The van der Waals surface area contributed by atoms with Crippen molar-refractivity contribution in [1.82, 2.24) is 0 Å². The number of carbonyl (C=O) groups excluding carboxylic acids is 1. The molecule has 0 spiro atoms. The maximum absolute atomic E-state index is 11.8. The van der Waals surface area contributed by atoms with E-state index in [9.17, 15) is 4.79 Å². The van der Waals surface area contributed by atoms with Gasteiger partial charge >= 0.3 is 5.97 Å². The number of thiophene rings is 1. The molecule has 0 atom stereocenters. The van der Waals surface area contributed by atoms with Gasteiger partial charge in [0, 0.05) is 11.3 Å². The third-order valence-electron chi connectivity index (χ3n) is 3.06. The van der Waals surface area contributed by atoms with Crippen molar-refractivity contribution in [3.8, 4) is 0 Å². The van der Waals surface area contributed by atoms with Gasteiger partial charge in [0.1, 0.15) is 5.54 Å². The van der Waals surface area contributed by atoms with Gasteiger partial charge in [-0.05, 0) is 24.3 Å². The molecule has 1 saturated carbocycles. The molecule has 0 unspecified atom stereocenters. The summed E-state index contributed by atoms with van der Waals surface area (Å²) in [6.45, 7) is 0.443. The van der Waals surface area contributed by atoms with Crippen LogP contribution in [0.3, 0.4) is 0 Å². The van der Waals surface area contributed by atoms with E-state index < -0.39 is 5.54 Å². The number of ether oxygens (including phenoxy) is 1. The predicted octanol–water partition coefficient (Wildman–Crippen LogP) is 2.11. The summed E-state index contributed by atoms with van der Waals surface area (Å²) in [6, 6.07) is 4.05. The third kappa shape index (κ3) is 2.62. The molecule has 88 valence electrons. The molecule has 1 aliphatic rings. The predicted molar refractivity (Wildman–Crippen MR) is 64.4 cm³/mol. The summed E-state index contributed by atoms with van der Waals surface area (Å²) in [7, 11) is 0. The molecule has 0 aromatic carbocycles. The first-order valence-corrected chi connectivity index (χ1v) is 6.57. The van der Waals surface area contributed by atoms with Gasteiger partial charge in [-0.1, -0.05) is 18.9 Å². The Bertz CT molecular complexity index is 342. The van der Waals surface area contributed by atoms with Crippen molar-refractivity contribution in [2.45, 2.75) is 37.6 Å². The van der Waals surface area contributed by atoms with E-state index in [1.165, 1.54) is 4.88 Å². The zero-order valence-corrected chi connectivity index (χ0v) is 10.1. The van der Waals surface area contributed by atoms with Crippen molar-refractivity contribution in [1.29, 1.82) is 0 Å². The molecule has 0 bridgehead atoms. The van der Waals surface area contributed by atoms with Crippen molar-refractivity contribution in [3.63, 3.8) is 0 Å². The van der Waals surface area contributed by atoms with E-state index in [0.29, 0.717) is 6.61 Å². The smallest absolute Gasteiger partial charge is 0.326 e. The van der Waals surface area contributed by atoms with Crippen molar-refractivity contribution in [2.75, 3.05) is 6.61 Å². The van der Waals surface area contributed by atoms with Crippen molar-refractivity contribution < 1.29 is 9.53 Å². The van der Waals surface area contributed by atoms with Gasteiger partial charge in [0.25, 0.3) is 0 Å². The first kappa shape index (κ1) is 11.6. The molecule has 1 fully saturated rings. The summed E-state index contributed by atoms with van der Waals surface area (Å²) < 4.78 is 5.24. The summed E-state index contributed by atoms with van der Waals surface area (Å²) >= 11 is 1.68. The number of nitrogens with two attached hydrogens (primary N) is 1. The Balaban J connectivity index is 1.75. The van der Waals surface area contributed by atoms with Crippen LogP contribution in [0, 0.1) is 0 Å². The summed E-state index contributed by atoms with van der Waals surface area (Å²) in [5, 5.41) is 2.03. The van der Waals surface area contributed by atoms with Crippen LogP contribution >= 0.6 is 11.3 Å². The molecule has 0 aliphatic heterocycles. The van der Waals surface area contributed by atoms with Crippen LogP contribution in [0.15, 0.2) is 17.5 Å². The zero-order chi connectivity index (χ0) is 11.4. The lowest BCUT2D eigenvalue weighted by Gasteiger charge is -2.20. The maximum Gasteiger partial charge on any atom is 0.326 e. The highest BCUT2D eigenvalue weighted by molar-refractivity contribution is 7.09. The largest absolute Gasteiger partial charge is 0.464 e. The first-order chi connectivity index (χ1) is 7.71. The van der Waals surface area contributed by atoms with Crippen molar-refractivity contribution >= 4 is 17.3 Å². The highest BCUT2D eigenvalue weighted by Crippen LogP contribution is 2.28. The fraction of sp³-hybridized carbons (Fsp3) is 0.583. The monoisotopic (exact) mass is 239 g/mol. The topological polar surface area (TPSA) is 52.3 Å². The Morgan fingerprint density at radius 1 is 1.50 bits per heavy atom. The lowest BCUT2D eigenvalue weighted by atomic mass is 10.00. The molecule has 0 radical (unpaired) electrons. The average Bonchev–Trinajstić information content (AvgIpc) is 2.90. The van der Waals surface area contributed by atoms with Gasteiger partial charge < -0.3 is 10.5 Å². The average molecular weight is 239 g/mol. The molecular weight excluding hydrogens is 222 g/mol. The molecule has 1 heterocycles. The Hall–Kier alpha value is -0.870. The summed E-state index contributed by atoms with van der Waals surface area (Å²) in [5.41, 5.74) is 5.29. The molecule has 1 aliphatic carbocycles. The van der Waals surface area contributed by atoms with Crippen LogP contribution in [0.1, 0.15) is 30.6 Å². The van der Waals surface area contributed by atoms with Gasteiger partial charge in [0.2, 0.25) is 0 Å². The fourth-order valence-electron chi connectivity index (χ4n) is 2.05. The molecule has 0 saturated heterocycles. The fourth-order valence-corrected chi connectivity index (χ4v) is 2.74. The molecule has 0 amide bonds. The summed E-state index contributed by atoms with van der Waals surface area (Å²) in [5.74, 6) is -0.221. The lowest BCUT2D eigenvalue weighted by molar-refractivity contribution is -0.149. The minimum Gasteiger partial charge on any atom is -0.464 e. The Kier molecular flexibility index (Phi) is 3.61. The van der Waals surface area contributed by atoms with Gasteiger partial charge in [-0.2, -0.15) is 0 Å². The Labute approximate surface area is 99.6 Å². The second kappa shape index (κ2) is 4.97. The van der Waals surface area contributed by atoms with Crippen molar-refractivity contribution in [2.24, 2.45) is 5.73 Å². The first-order valence-electron chi connectivity index (χ1n) is 5.69. The summed E-state index contributed by atoms with van der Waals surface area (Å²) in [4.78, 5) is 13.0. The Morgan fingerprint density at radius 3 is 2.88 bits per heavy atom. The molecule has 3 nitrogen and oxygen atoms in total. The standard InChI is InChI=1S/C12H17NO2S/c13-12(6-1-2-7-12)11(14)15-8-5-10-4-3-9-16-10/h3-4,9H,1-2,5-8,13H2. The van der Waals surface area contributed by atoms with Gasteiger partial charge in [0.05, 0.1) is 6.61 Å². The van der Waals surface area contributed by atoms with Crippen LogP contribution < -0.4 is 5.73 Å². The highest BCUT2D eigenvalue weighted by atomic mass is 32.1. The van der Waals surface area contributed by atoms with E-state index in [0.717, 1.165) is 32.1 Å². The van der Waals surface area contributed by atoms with Crippen LogP contribution in [-0.2, 0) is 16.0 Å². The normalized spacial score (nSPS) is 18.6. The number of esters is 1. The SMILES string of the molecule is NC1(C(=O)OCCc2cccs2)CCCC1. The van der Waals surface area contributed by atoms with Crippen LogP contribution in [0.5, 0.6) is 0 Å². The number of hydrogen-bond donors (Lipinski definition) is 1. The van der Waals surface area contributed by atoms with Gasteiger partial charge in [-0.25, -0.2) is 0 Å². The molecule has 1 aromatic heterocycles. The molecule has 1 aromatic rings. The molecule has 2 N–H and O–H groups in total. The van der Waals surface area contributed by atoms with Crippen LogP contribution in [-0.4, -0.2) is 18.1 Å². The number of hydrogen-bond acceptors (Lipinski definition) is 4.